The Morgan fingerprint density at radius 2 is 1.42 bits per heavy atom. The molecule has 1 nitrogen and oxygen atoms in total. The lowest BCUT2D eigenvalue weighted by Gasteiger charge is -2.18. The predicted molar refractivity (Wildman–Crippen MR) is 85.7 cm³/mol. The second kappa shape index (κ2) is 7.27. The van der Waals surface area contributed by atoms with E-state index in [1.165, 1.54) is 11.1 Å². The maximum absolute atomic E-state index is 3.85. The Morgan fingerprint density at radius 3 is 1.84 bits per heavy atom. The molecule has 0 bridgehead atoms. The van der Waals surface area contributed by atoms with Gasteiger partial charge in [-0.15, -0.1) is 0 Å². The van der Waals surface area contributed by atoms with Gasteiger partial charge in [0.1, 0.15) is 0 Å². The van der Waals surface area contributed by atoms with E-state index in [-0.39, 0.29) is 0 Å². The number of benzene rings is 2. The molecule has 0 aliphatic heterocycles. The number of hydrogen-bond donors (Lipinski definition) is 1. The zero-order valence-electron chi connectivity index (χ0n) is 10.9. The van der Waals surface area contributed by atoms with Gasteiger partial charge in [-0.3, -0.25) is 0 Å². The zero-order chi connectivity index (χ0) is 13.5. The molecule has 0 aliphatic carbocycles. The van der Waals surface area contributed by atoms with E-state index < -0.39 is 0 Å². The molecular formula is C17H18BrN. The molecule has 0 radical (unpaired) electrons. The van der Waals surface area contributed by atoms with Crippen LogP contribution in [0.4, 0.5) is 0 Å². The maximum Gasteiger partial charge on any atom is 0.0266 e. The van der Waals surface area contributed by atoms with Crippen LogP contribution in [0.2, 0.25) is 0 Å². The van der Waals surface area contributed by atoms with Crippen molar-refractivity contribution in [1.29, 1.82) is 0 Å². The smallest absolute Gasteiger partial charge is 0.0266 e. The summed E-state index contributed by atoms with van der Waals surface area (Å²) in [5, 5.41) is 3.44. The molecule has 0 aliphatic rings. The Hall–Kier alpha value is -1.38. The SMILES string of the molecule is C=C(Br)CNCC(c1ccccc1)c1ccccc1. The van der Waals surface area contributed by atoms with Crippen LogP contribution in [-0.2, 0) is 0 Å². The number of nitrogens with one attached hydrogen (secondary N) is 1. The van der Waals surface area contributed by atoms with Gasteiger partial charge < -0.3 is 5.32 Å². The zero-order valence-corrected chi connectivity index (χ0v) is 12.4. The van der Waals surface area contributed by atoms with Crippen LogP contribution in [0.5, 0.6) is 0 Å². The summed E-state index contributed by atoms with van der Waals surface area (Å²) in [4.78, 5) is 0. The molecule has 2 heteroatoms. The van der Waals surface area contributed by atoms with Gasteiger partial charge in [0, 0.05) is 23.5 Å². The summed E-state index contributed by atoms with van der Waals surface area (Å²) < 4.78 is 0.979. The molecule has 2 aromatic rings. The van der Waals surface area contributed by atoms with Crippen molar-refractivity contribution in [1.82, 2.24) is 5.32 Å². The minimum absolute atomic E-state index is 0.370. The van der Waals surface area contributed by atoms with E-state index in [9.17, 15) is 0 Å². The van der Waals surface area contributed by atoms with Gasteiger partial charge in [0.25, 0.3) is 0 Å². The molecule has 2 rings (SSSR count). The van der Waals surface area contributed by atoms with Gasteiger partial charge >= 0.3 is 0 Å². The third kappa shape index (κ3) is 4.34. The quantitative estimate of drug-likeness (QED) is 0.837. The van der Waals surface area contributed by atoms with E-state index in [4.69, 9.17) is 0 Å². The van der Waals surface area contributed by atoms with Crippen LogP contribution in [0.3, 0.4) is 0 Å². The number of hydrogen-bond acceptors (Lipinski definition) is 1. The van der Waals surface area contributed by atoms with Crippen LogP contribution in [0.1, 0.15) is 17.0 Å². The maximum atomic E-state index is 3.85. The minimum atomic E-state index is 0.370. The van der Waals surface area contributed by atoms with Crippen LogP contribution in [0, 0.1) is 0 Å². The predicted octanol–water partition coefficient (Wildman–Crippen LogP) is 4.32. The topological polar surface area (TPSA) is 12.0 Å². The summed E-state index contributed by atoms with van der Waals surface area (Å²) in [6.07, 6.45) is 0. The van der Waals surface area contributed by atoms with Crippen LogP contribution < -0.4 is 5.32 Å². The van der Waals surface area contributed by atoms with Crippen molar-refractivity contribution in [3.05, 3.63) is 82.9 Å². The third-order valence-electron chi connectivity index (χ3n) is 3.07. The van der Waals surface area contributed by atoms with E-state index in [0.29, 0.717) is 5.92 Å². The first-order valence-corrected chi connectivity index (χ1v) is 7.20. The molecule has 0 saturated heterocycles. The molecule has 0 spiro atoms. The molecule has 1 N–H and O–H groups in total. The minimum Gasteiger partial charge on any atom is -0.311 e. The van der Waals surface area contributed by atoms with E-state index in [0.717, 1.165) is 17.6 Å². The van der Waals surface area contributed by atoms with Crippen molar-refractivity contribution >= 4 is 15.9 Å². The van der Waals surface area contributed by atoms with Gasteiger partial charge in [-0.2, -0.15) is 0 Å². The second-order valence-electron chi connectivity index (χ2n) is 4.52. The van der Waals surface area contributed by atoms with Crippen LogP contribution >= 0.6 is 15.9 Å². The average molecular weight is 316 g/mol. The summed E-state index contributed by atoms with van der Waals surface area (Å²) in [6, 6.07) is 21.2. The van der Waals surface area contributed by atoms with Gasteiger partial charge in [-0.25, -0.2) is 0 Å². The molecule has 2 aromatic carbocycles. The van der Waals surface area contributed by atoms with Gasteiger partial charge in [0.15, 0.2) is 0 Å². The molecule has 0 fully saturated rings. The third-order valence-corrected chi connectivity index (χ3v) is 3.35. The lowest BCUT2D eigenvalue weighted by molar-refractivity contribution is 0.675. The summed E-state index contributed by atoms with van der Waals surface area (Å²) >= 11 is 3.38. The van der Waals surface area contributed by atoms with Crippen molar-refractivity contribution in [2.75, 3.05) is 13.1 Å². The van der Waals surface area contributed by atoms with Crippen molar-refractivity contribution in [3.8, 4) is 0 Å². The summed E-state index contributed by atoms with van der Waals surface area (Å²) in [6.45, 7) is 5.54. The Labute approximate surface area is 123 Å². The molecule has 0 amide bonds. The van der Waals surface area contributed by atoms with E-state index in [1.54, 1.807) is 0 Å². The normalized spacial score (nSPS) is 10.6. The molecule has 0 aromatic heterocycles. The summed E-state index contributed by atoms with van der Waals surface area (Å²) in [5.41, 5.74) is 2.67. The molecule has 98 valence electrons. The Balaban J connectivity index is 2.17. The van der Waals surface area contributed by atoms with Crippen molar-refractivity contribution in [3.63, 3.8) is 0 Å². The fourth-order valence-electron chi connectivity index (χ4n) is 2.15. The average Bonchev–Trinajstić information content (AvgIpc) is 2.45. The van der Waals surface area contributed by atoms with Crippen LogP contribution in [-0.4, -0.2) is 13.1 Å². The Morgan fingerprint density at radius 1 is 0.947 bits per heavy atom. The first-order valence-electron chi connectivity index (χ1n) is 6.41. The van der Waals surface area contributed by atoms with Crippen molar-refractivity contribution < 1.29 is 0 Å². The summed E-state index contributed by atoms with van der Waals surface area (Å²) in [5.74, 6) is 0.370. The molecule has 0 saturated carbocycles. The number of halogens is 1. The standard InChI is InChI=1S/C17H18BrN/c1-14(18)12-19-13-17(15-8-4-2-5-9-15)16-10-6-3-7-11-16/h2-11,17,19H,1,12-13H2. The lowest BCUT2D eigenvalue weighted by Crippen LogP contribution is -2.23. The Bertz CT molecular complexity index is 468. The van der Waals surface area contributed by atoms with Crippen LogP contribution in [0.15, 0.2) is 71.7 Å². The fourth-order valence-corrected chi connectivity index (χ4v) is 2.35. The molecular weight excluding hydrogens is 298 g/mol. The van der Waals surface area contributed by atoms with Gasteiger partial charge in [0.05, 0.1) is 0 Å². The highest BCUT2D eigenvalue weighted by molar-refractivity contribution is 9.11. The fraction of sp³-hybridized carbons (Fsp3) is 0.176. The highest BCUT2D eigenvalue weighted by Crippen LogP contribution is 2.23. The molecule has 0 atom stereocenters. The highest BCUT2D eigenvalue weighted by atomic mass is 79.9. The van der Waals surface area contributed by atoms with Crippen LogP contribution in [0.25, 0.3) is 0 Å². The monoisotopic (exact) mass is 315 g/mol. The number of rotatable bonds is 6. The lowest BCUT2D eigenvalue weighted by atomic mass is 9.91. The largest absolute Gasteiger partial charge is 0.311 e. The highest BCUT2D eigenvalue weighted by Gasteiger charge is 2.12. The van der Waals surface area contributed by atoms with E-state index in [2.05, 4.69) is 88.5 Å². The molecule has 0 heterocycles. The molecule has 19 heavy (non-hydrogen) atoms. The first-order chi connectivity index (χ1) is 9.27. The van der Waals surface area contributed by atoms with Crippen molar-refractivity contribution in [2.24, 2.45) is 0 Å². The first kappa shape index (κ1) is 14.0. The second-order valence-corrected chi connectivity index (χ2v) is 5.64. The van der Waals surface area contributed by atoms with Gasteiger partial charge in [-0.1, -0.05) is 83.2 Å². The molecule has 0 unspecified atom stereocenters. The van der Waals surface area contributed by atoms with Gasteiger partial charge in [0.2, 0.25) is 0 Å². The summed E-state index contributed by atoms with van der Waals surface area (Å²) in [7, 11) is 0. The van der Waals surface area contributed by atoms with E-state index in [1.807, 2.05) is 0 Å². The van der Waals surface area contributed by atoms with Crippen molar-refractivity contribution in [2.45, 2.75) is 5.92 Å². The van der Waals surface area contributed by atoms with E-state index >= 15 is 0 Å². The Kier molecular flexibility index (Phi) is 5.37. The van der Waals surface area contributed by atoms with Gasteiger partial charge in [-0.05, 0) is 11.1 Å².